The first-order valence-electron chi connectivity index (χ1n) is 7.41. The second-order valence-electron chi connectivity index (χ2n) is 5.41. The molecule has 0 saturated carbocycles. The van der Waals surface area contributed by atoms with Gasteiger partial charge in [-0.3, -0.25) is 0 Å². The molecule has 23 heavy (non-hydrogen) atoms. The van der Waals surface area contributed by atoms with E-state index in [2.05, 4.69) is 11.4 Å². The zero-order chi connectivity index (χ0) is 17.0. The first-order valence-corrected chi connectivity index (χ1v) is 7.41. The lowest BCUT2D eigenvalue weighted by atomic mass is 9.88. The number of nitriles is 1. The summed E-state index contributed by atoms with van der Waals surface area (Å²) in [5, 5.41) is 11.8. The number of nitrogens with zero attached hydrogens (tertiary/aromatic N) is 1. The Bertz CT molecular complexity index is 716. The van der Waals surface area contributed by atoms with Crippen molar-refractivity contribution in [3.05, 3.63) is 58.7 Å². The van der Waals surface area contributed by atoms with Crippen LogP contribution in [-0.2, 0) is 9.53 Å². The minimum Gasteiger partial charge on any atom is -0.459 e. The number of nitrogens with two attached hydrogens (primary N) is 2. The zero-order valence-corrected chi connectivity index (χ0v) is 13.2. The van der Waals surface area contributed by atoms with Crippen LogP contribution >= 0.6 is 0 Å². The fraction of sp³-hybridized carbons (Fsp3) is 0.294. The monoisotopic (exact) mass is 312 g/mol. The van der Waals surface area contributed by atoms with E-state index in [9.17, 15) is 4.79 Å². The second kappa shape index (κ2) is 6.88. The van der Waals surface area contributed by atoms with Crippen molar-refractivity contribution < 1.29 is 9.53 Å². The molecule has 1 heterocycles. The van der Waals surface area contributed by atoms with Gasteiger partial charge in [0.2, 0.25) is 0 Å². The molecule has 2 atom stereocenters. The number of carbonyl (C=O) groups excluding carboxylic acids is 1. The number of ether oxygens (including phenoxy) is 1. The van der Waals surface area contributed by atoms with Crippen molar-refractivity contribution in [1.82, 2.24) is 5.32 Å². The van der Waals surface area contributed by atoms with Crippen molar-refractivity contribution in [2.45, 2.75) is 32.3 Å². The first kappa shape index (κ1) is 16.4. The van der Waals surface area contributed by atoms with Crippen LogP contribution in [0.3, 0.4) is 0 Å². The Labute approximate surface area is 135 Å². The van der Waals surface area contributed by atoms with E-state index in [1.165, 1.54) is 0 Å². The Kier molecular flexibility index (Phi) is 4.91. The van der Waals surface area contributed by atoms with Gasteiger partial charge in [-0.2, -0.15) is 5.26 Å². The Balaban J connectivity index is 2.42. The van der Waals surface area contributed by atoms with Crippen molar-refractivity contribution in [3.8, 4) is 6.07 Å². The van der Waals surface area contributed by atoms with Crippen molar-refractivity contribution in [2.24, 2.45) is 11.5 Å². The fourth-order valence-corrected chi connectivity index (χ4v) is 2.33. The van der Waals surface area contributed by atoms with E-state index in [4.69, 9.17) is 21.5 Å². The lowest BCUT2D eigenvalue weighted by molar-refractivity contribution is -0.143. The number of hydrogen-bond donors (Lipinski definition) is 3. The van der Waals surface area contributed by atoms with Gasteiger partial charge in [0.25, 0.3) is 0 Å². The third-order valence-electron chi connectivity index (χ3n) is 3.70. The van der Waals surface area contributed by atoms with Gasteiger partial charge in [-0.25, -0.2) is 4.79 Å². The van der Waals surface area contributed by atoms with Crippen molar-refractivity contribution in [3.63, 3.8) is 0 Å². The molecule has 0 fully saturated rings. The average Bonchev–Trinajstić information content (AvgIpc) is 2.53. The topological polar surface area (TPSA) is 114 Å². The molecule has 120 valence electrons. The van der Waals surface area contributed by atoms with Gasteiger partial charge < -0.3 is 21.5 Å². The molecule has 6 nitrogen and oxygen atoms in total. The number of carbonyl (C=O) groups is 1. The first-order chi connectivity index (χ1) is 11.0. The van der Waals surface area contributed by atoms with Crippen LogP contribution in [0.5, 0.6) is 0 Å². The Morgan fingerprint density at radius 1 is 1.48 bits per heavy atom. The molecule has 6 heteroatoms. The highest BCUT2D eigenvalue weighted by atomic mass is 16.5. The number of rotatable bonds is 4. The standard InChI is InChI=1S/C17H20N4O2/c1-3-10(2)23-17(22)15-13(8-14(19)21-16(15)20)12-6-4-5-11(7-12)9-18/h4-8,10,13,21H,3,19-20H2,1-2H3. The van der Waals surface area contributed by atoms with E-state index in [0.717, 1.165) is 5.56 Å². The maximum atomic E-state index is 12.5. The molecule has 5 N–H and O–H groups in total. The molecule has 0 aliphatic carbocycles. The molecule has 1 aromatic rings. The number of dihydropyridines is 1. The quantitative estimate of drug-likeness (QED) is 0.727. The normalized spacial score (nSPS) is 18.5. The van der Waals surface area contributed by atoms with Crippen LogP contribution < -0.4 is 16.8 Å². The molecule has 0 aromatic heterocycles. The number of nitrogens with one attached hydrogen (secondary N) is 1. The largest absolute Gasteiger partial charge is 0.459 e. The van der Waals surface area contributed by atoms with Gasteiger partial charge in [-0.05, 0) is 37.1 Å². The predicted octanol–water partition coefficient (Wildman–Crippen LogP) is 1.56. The van der Waals surface area contributed by atoms with E-state index in [1.54, 1.807) is 24.3 Å². The summed E-state index contributed by atoms with van der Waals surface area (Å²) in [6.07, 6.45) is 2.19. The maximum Gasteiger partial charge on any atom is 0.338 e. The van der Waals surface area contributed by atoms with Gasteiger partial charge in [0.05, 0.1) is 29.1 Å². The predicted molar refractivity (Wildman–Crippen MR) is 86.4 cm³/mol. The molecule has 0 spiro atoms. The van der Waals surface area contributed by atoms with E-state index in [-0.39, 0.29) is 11.9 Å². The molecular weight excluding hydrogens is 292 g/mol. The number of benzene rings is 1. The third-order valence-corrected chi connectivity index (χ3v) is 3.70. The summed E-state index contributed by atoms with van der Waals surface area (Å²) in [6, 6.07) is 9.07. The van der Waals surface area contributed by atoms with Gasteiger partial charge in [0.15, 0.2) is 0 Å². The summed E-state index contributed by atoms with van der Waals surface area (Å²) in [5.41, 5.74) is 13.4. The second-order valence-corrected chi connectivity index (χ2v) is 5.41. The molecule has 1 aliphatic heterocycles. The van der Waals surface area contributed by atoms with Gasteiger partial charge in [-0.1, -0.05) is 19.1 Å². The molecule has 0 saturated heterocycles. The van der Waals surface area contributed by atoms with E-state index in [0.29, 0.717) is 23.4 Å². The lowest BCUT2D eigenvalue weighted by Gasteiger charge is -2.26. The van der Waals surface area contributed by atoms with Crippen molar-refractivity contribution in [1.29, 1.82) is 5.26 Å². The summed E-state index contributed by atoms with van der Waals surface area (Å²) < 4.78 is 5.40. The van der Waals surface area contributed by atoms with E-state index in [1.807, 2.05) is 19.9 Å². The number of allylic oxidation sites excluding steroid dienone is 1. The van der Waals surface area contributed by atoms with Crippen LogP contribution in [-0.4, -0.2) is 12.1 Å². The van der Waals surface area contributed by atoms with Gasteiger partial charge in [0.1, 0.15) is 5.82 Å². The smallest absolute Gasteiger partial charge is 0.338 e. The van der Waals surface area contributed by atoms with Crippen LogP contribution in [0.15, 0.2) is 47.6 Å². The highest BCUT2D eigenvalue weighted by molar-refractivity contribution is 5.92. The SMILES string of the molecule is CCC(C)OC(=O)C1=C(N)NC(N)=CC1c1cccc(C#N)c1. The average molecular weight is 312 g/mol. The Morgan fingerprint density at radius 2 is 2.22 bits per heavy atom. The molecule has 1 aromatic carbocycles. The highest BCUT2D eigenvalue weighted by Gasteiger charge is 2.30. The molecule has 0 amide bonds. The van der Waals surface area contributed by atoms with Gasteiger partial charge >= 0.3 is 5.97 Å². The van der Waals surface area contributed by atoms with Crippen LogP contribution in [0, 0.1) is 11.3 Å². The minimum atomic E-state index is -0.486. The zero-order valence-electron chi connectivity index (χ0n) is 13.2. The molecule has 0 radical (unpaired) electrons. The van der Waals surface area contributed by atoms with Crippen LogP contribution in [0.1, 0.15) is 37.3 Å². The van der Waals surface area contributed by atoms with Crippen molar-refractivity contribution in [2.75, 3.05) is 0 Å². The molecule has 1 aliphatic rings. The molecular formula is C17H20N4O2. The molecule has 0 bridgehead atoms. The number of esters is 1. The van der Waals surface area contributed by atoms with Gasteiger partial charge in [-0.15, -0.1) is 0 Å². The summed E-state index contributed by atoms with van der Waals surface area (Å²) in [4.78, 5) is 12.5. The Hall–Kier alpha value is -2.94. The van der Waals surface area contributed by atoms with Gasteiger partial charge in [0, 0.05) is 5.92 Å². The molecule has 2 rings (SSSR count). The van der Waals surface area contributed by atoms with Crippen LogP contribution in [0.25, 0.3) is 0 Å². The van der Waals surface area contributed by atoms with E-state index >= 15 is 0 Å². The van der Waals surface area contributed by atoms with Crippen molar-refractivity contribution >= 4 is 5.97 Å². The third kappa shape index (κ3) is 3.64. The summed E-state index contributed by atoms with van der Waals surface area (Å²) in [5.74, 6) is -0.415. The minimum absolute atomic E-state index is 0.172. The lowest BCUT2D eigenvalue weighted by Crippen LogP contribution is -2.35. The summed E-state index contributed by atoms with van der Waals surface area (Å²) >= 11 is 0. The van der Waals surface area contributed by atoms with Crippen LogP contribution in [0.2, 0.25) is 0 Å². The van der Waals surface area contributed by atoms with E-state index < -0.39 is 11.9 Å². The highest BCUT2D eigenvalue weighted by Crippen LogP contribution is 2.31. The number of hydrogen-bond acceptors (Lipinski definition) is 6. The fourth-order valence-electron chi connectivity index (χ4n) is 2.33. The summed E-state index contributed by atoms with van der Waals surface area (Å²) in [6.45, 7) is 3.75. The summed E-state index contributed by atoms with van der Waals surface area (Å²) in [7, 11) is 0. The maximum absolute atomic E-state index is 12.5. The van der Waals surface area contributed by atoms with Crippen LogP contribution in [0.4, 0.5) is 0 Å². The molecule has 2 unspecified atom stereocenters. The Morgan fingerprint density at radius 3 is 2.87 bits per heavy atom.